The third kappa shape index (κ3) is 3.75. The largest absolute Gasteiger partial charge is 0.477 e. The summed E-state index contributed by atoms with van der Waals surface area (Å²) in [6.07, 6.45) is 0. The van der Waals surface area contributed by atoms with E-state index in [2.05, 4.69) is 0 Å². The van der Waals surface area contributed by atoms with Gasteiger partial charge in [-0.3, -0.25) is 15.0 Å². The molecule has 0 aliphatic rings. The summed E-state index contributed by atoms with van der Waals surface area (Å²) in [5, 5.41) is 29.1. The van der Waals surface area contributed by atoms with Crippen LogP contribution < -0.4 is 0 Å². The highest BCUT2D eigenvalue weighted by Crippen LogP contribution is 2.24. The Balaban J connectivity index is 3.20. The zero-order chi connectivity index (χ0) is 15.3. The molecule has 7 heteroatoms. The minimum Gasteiger partial charge on any atom is -0.477 e. The first kappa shape index (κ1) is 16.1. The van der Waals surface area contributed by atoms with Crippen LogP contribution in [-0.4, -0.2) is 45.2 Å². The lowest BCUT2D eigenvalue weighted by molar-refractivity contribution is -0.385. The molecular weight excluding hydrogens is 264 g/mol. The lowest BCUT2D eigenvalue weighted by Gasteiger charge is -2.26. The van der Waals surface area contributed by atoms with Crippen LogP contribution in [0.3, 0.4) is 0 Å². The number of nitro benzene ring substituents is 1. The molecule has 0 spiro atoms. The Morgan fingerprint density at radius 3 is 2.55 bits per heavy atom. The van der Waals surface area contributed by atoms with Gasteiger partial charge in [0.25, 0.3) is 5.69 Å². The lowest BCUT2D eigenvalue weighted by atomic mass is 10.0. The molecular formula is C13H18N2O5. The van der Waals surface area contributed by atoms with Crippen LogP contribution in [0, 0.1) is 10.1 Å². The molecule has 0 radical (unpaired) electrons. The minimum absolute atomic E-state index is 0.0600. The van der Waals surface area contributed by atoms with Crippen molar-refractivity contribution in [2.45, 2.75) is 26.4 Å². The second-order valence-electron chi connectivity index (χ2n) is 4.66. The summed E-state index contributed by atoms with van der Waals surface area (Å²) in [6.45, 7) is 4.37. The van der Waals surface area contributed by atoms with E-state index in [0.717, 1.165) is 0 Å². The van der Waals surface area contributed by atoms with E-state index in [1.165, 1.54) is 12.1 Å². The molecule has 1 rings (SSSR count). The number of nitrogens with zero attached hydrogens (tertiary/aromatic N) is 2. The van der Waals surface area contributed by atoms with Crippen molar-refractivity contribution in [2.75, 3.05) is 13.2 Å². The van der Waals surface area contributed by atoms with Crippen molar-refractivity contribution in [3.8, 4) is 0 Å². The number of hydrogen-bond acceptors (Lipinski definition) is 5. The molecule has 0 fully saturated rings. The summed E-state index contributed by atoms with van der Waals surface area (Å²) in [6, 6.07) is 4.29. The van der Waals surface area contributed by atoms with Crippen molar-refractivity contribution < 1.29 is 19.9 Å². The highest BCUT2D eigenvalue weighted by atomic mass is 16.6. The first-order valence-corrected chi connectivity index (χ1v) is 6.23. The van der Waals surface area contributed by atoms with Crippen molar-refractivity contribution in [3.05, 3.63) is 39.4 Å². The molecule has 0 heterocycles. The highest BCUT2D eigenvalue weighted by molar-refractivity contribution is 5.94. The maximum atomic E-state index is 11.3. The van der Waals surface area contributed by atoms with Gasteiger partial charge in [-0.25, -0.2) is 4.79 Å². The molecule has 2 N–H and O–H groups in total. The molecule has 0 atom stereocenters. The fourth-order valence-corrected chi connectivity index (χ4v) is 1.98. The first-order chi connectivity index (χ1) is 9.38. The Morgan fingerprint density at radius 1 is 1.45 bits per heavy atom. The maximum Gasteiger partial charge on any atom is 0.343 e. The fourth-order valence-electron chi connectivity index (χ4n) is 1.98. The summed E-state index contributed by atoms with van der Waals surface area (Å²) in [5.74, 6) is -1.32. The number of nitro groups is 1. The van der Waals surface area contributed by atoms with Crippen molar-refractivity contribution in [2.24, 2.45) is 0 Å². The Morgan fingerprint density at radius 2 is 2.10 bits per heavy atom. The van der Waals surface area contributed by atoms with E-state index in [1.807, 2.05) is 18.7 Å². The van der Waals surface area contributed by atoms with Crippen LogP contribution in [0.4, 0.5) is 5.69 Å². The number of benzene rings is 1. The van der Waals surface area contributed by atoms with Gasteiger partial charge in [-0.15, -0.1) is 0 Å². The molecule has 0 aliphatic heterocycles. The second kappa shape index (κ2) is 6.97. The van der Waals surface area contributed by atoms with Crippen LogP contribution in [-0.2, 0) is 6.54 Å². The van der Waals surface area contributed by atoms with Gasteiger partial charge in [-0.2, -0.15) is 0 Å². The number of aromatic carboxylic acids is 1. The fraction of sp³-hybridized carbons (Fsp3) is 0.462. The van der Waals surface area contributed by atoms with Gasteiger partial charge in [0.05, 0.1) is 11.5 Å². The van der Waals surface area contributed by atoms with Gasteiger partial charge >= 0.3 is 5.97 Å². The SMILES string of the molecule is CC(C)N(CCO)Cc1cccc([N+](=O)[O-])c1C(=O)O. The van der Waals surface area contributed by atoms with Crippen molar-refractivity contribution in [1.29, 1.82) is 0 Å². The highest BCUT2D eigenvalue weighted by Gasteiger charge is 2.24. The van der Waals surface area contributed by atoms with Gasteiger partial charge < -0.3 is 10.2 Å². The van der Waals surface area contributed by atoms with Crippen molar-refractivity contribution in [1.82, 2.24) is 4.90 Å². The van der Waals surface area contributed by atoms with E-state index in [4.69, 9.17) is 5.11 Å². The smallest absolute Gasteiger partial charge is 0.343 e. The van der Waals surface area contributed by atoms with Gasteiger partial charge in [-0.05, 0) is 19.4 Å². The number of hydrogen-bond donors (Lipinski definition) is 2. The maximum absolute atomic E-state index is 11.3. The molecule has 0 saturated carbocycles. The summed E-state index contributed by atoms with van der Waals surface area (Å²) in [5.41, 5.74) is -0.336. The standard InChI is InChI=1S/C13H18N2O5/c1-9(2)14(6-7-16)8-10-4-3-5-11(15(19)20)12(10)13(17)18/h3-5,9,16H,6-8H2,1-2H3,(H,17,18). The number of carboxylic acids is 1. The van der Waals surface area contributed by atoms with E-state index >= 15 is 0 Å². The monoisotopic (exact) mass is 282 g/mol. The van der Waals surface area contributed by atoms with Crippen LogP contribution in [0.2, 0.25) is 0 Å². The molecule has 0 saturated heterocycles. The van der Waals surface area contributed by atoms with E-state index < -0.39 is 16.6 Å². The second-order valence-corrected chi connectivity index (χ2v) is 4.66. The van der Waals surface area contributed by atoms with Crippen molar-refractivity contribution >= 4 is 11.7 Å². The van der Waals surface area contributed by atoms with Gasteiger partial charge in [0.2, 0.25) is 0 Å². The number of aliphatic hydroxyl groups excluding tert-OH is 1. The molecule has 0 aromatic heterocycles. The van der Waals surface area contributed by atoms with Gasteiger partial charge in [0.1, 0.15) is 5.56 Å². The van der Waals surface area contributed by atoms with E-state index in [1.54, 1.807) is 6.07 Å². The number of carbonyl (C=O) groups is 1. The van der Waals surface area contributed by atoms with Crippen LogP contribution in [0.25, 0.3) is 0 Å². The van der Waals surface area contributed by atoms with Crippen LogP contribution in [0.5, 0.6) is 0 Å². The predicted molar refractivity (Wildman–Crippen MR) is 72.7 cm³/mol. The van der Waals surface area contributed by atoms with E-state index in [-0.39, 0.29) is 24.8 Å². The van der Waals surface area contributed by atoms with Gasteiger partial charge in [-0.1, -0.05) is 12.1 Å². The van der Waals surface area contributed by atoms with Gasteiger partial charge in [0.15, 0.2) is 0 Å². The van der Waals surface area contributed by atoms with E-state index in [9.17, 15) is 20.0 Å². The zero-order valence-electron chi connectivity index (χ0n) is 11.4. The summed E-state index contributed by atoms with van der Waals surface area (Å²) < 4.78 is 0. The molecule has 1 aromatic carbocycles. The van der Waals surface area contributed by atoms with Gasteiger partial charge in [0, 0.05) is 25.2 Å². The molecule has 7 nitrogen and oxygen atoms in total. The molecule has 1 aromatic rings. The zero-order valence-corrected chi connectivity index (χ0v) is 11.4. The van der Waals surface area contributed by atoms with Crippen LogP contribution in [0.1, 0.15) is 29.8 Å². The molecule has 110 valence electrons. The molecule has 0 unspecified atom stereocenters. The normalized spacial score (nSPS) is 11.1. The van der Waals surface area contributed by atoms with Crippen LogP contribution >= 0.6 is 0 Å². The molecule has 0 amide bonds. The average Bonchev–Trinajstić information content (AvgIpc) is 2.37. The Hall–Kier alpha value is -1.99. The Labute approximate surface area is 116 Å². The summed E-state index contributed by atoms with van der Waals surface area (Å²) >= 11 is 0. The Bertz CT molecular complexity index is 502. The predicted octanol–water partition coefficient (Wildman–Crippen LogP) is 1.50. The van der Waals surface area contributed by atoms with Crippen LogP contribution in [0.15, 0.2) is 18.2 Å². The Kier molecular flexibility index (Phi) is 5.60. The summed E-state index contributed by atoms with van der Waals surface area (Å²) in [7, 11) is 0. The number of rotatable bonds is 7. The molecule has 20 heavy (non-hydrogen) atoms. The summed E-state index contributed by atoms with van der Waals surface area (Å²) in [4.78, 5) is 23.4. The third-order valence-electron chi connectivity index (χ3n) is 3.03. The minimum atomic E-state index is -1.32. The average molecular weight is 282 g/mol. The topological polar surface area (TPSA) is 104 Å². The number of aliphatic hydroxyl groups is 1. The number of carboxylic acid groups (broad SMARTS) is 1. The first-order valence-electron chi connectivity index (χ1n) is 6.23. The molecule has 0 aliphatic carbocycles. The third-order valence-corrected chi connectivity index (χ3v) is 3.03. The van der Waals surface area contributed by atoms with E-state index in [0.29, 0.717) is 12.1 Å². The lowest BCUT2D eigenvalue weighted by Crippen LogP contribution is -2.33. The molecule has 0 bridgehead atoms. The van der Waals surface area contributed by atoms with Crippen molar-refractivity contribution in [3.63, 3.8) is 0 Å². The quantitative estimate of drug-likeness (QED) is 0.580.